The van der Waals surface area contributed by atoms with Crippen LogP contribution in [0.15, 0.2) is 42.5 Å². The molecule has 1 nitrogen and oxygen atoms in total. The molecule has 0 saturated carbocycles. The van der Waals surface area contributed by atoms with Crippen LogP contribution in [-0.4, -0.2) is 0 Å². The third kappa shape index (κ3) is 3.31. The number of nitrogens with two attached hydrogens (primary N) is 1. The summed E-state index contributed by atoms with van der Waals surface area (Å²) in [5, 5.41) is 0.546. The molecule has 0 aromatic heterocycles. The second-order valence-corrected chi connectivity index (χ2v) is 5.26. The Kier molecular flexibility index (Phi) is 3.88. The lowest BCUT2D eigenvalue weighted by molar-refractivity contribution is 0.486. The lowest BCUT2D eigenvalue weighted by atomic mass is 9.86. The predicted octanol–water partition coefficient (Wildman–Crippen LogP) is 4.03. The average molecular weight is 282 g/mol. The topological polar surface area (TPSA) is 26.0 Å². The lowest BCUT2D eigenvalue weighted by Crippen LogP contribution is -2.35. The van der Waals surface area contributed by atoms with Crippen molar-refractivity contribution in [2.24, 2.45) is 5.73 Å². The molecule has 0 amide bonds. The van der Waals surface area contributed by atoms with Crippen LogP contribution in [-0.2, 0) is 12.0 Å². The van der Waals surface area contributed by atoms with E-state index in [0.29, 0.717) is 17.0 Å². The van der Waals surface area contributed by atoms with Gasteiger partial charge in [0, 0.05) is 16.6 Å². The molecular weight excluding hydrogens is 268 g/mol. The molecule has 0 bridgehead atoms. The Morgan fingerprint density at radius 2 is 1.68 bits per heavy atom. The zero-order valence-corrected chi connectivity index (χ0v) is 11.2. The van der Waals surface area contributed by atoms with Gasteiger partial charge in [-0.25, -0.2) is 8.78 Å². The Balaban J connectivity index is 2.33. The largest absolute Gasteiger partial charge is 0.321 e. The van der Waals surface area contributed by atoms with E-state index in [1.165, 1.54) is 12.1 Å². The van der Waals surface area contributed by atoms with E-state index in [1.54, 1.807) is 13.0 Å². The summed E-state index contributed by atoms with van der Waals surface area (Å²) in [5.41, 5.74) is 6.70. The molecule has 1 atom stereocenters. The highest BCUT2D eigenvalue weighted by atomic mass is 35.5. The normalized spacial score (nSPS) is 14.2. The molecule has 0 heterocycles. The second kappa shape index (κ2) is 5.27. The molecule has 0 aliphatic carbocycles. The smallest absolute Gasteiger partial charge is 0.126 e. The van der Waals surface area contributed by atoms with Crippen LogP contribution in [0.5, 0.6) is 0 Å². The van der Waals surface area contributed by atoms with Crippen LogP contribution in [0, 0.1) is 11.6 Å². The third-order valence-corrected chi connectivity index (χ3v) is 3.31. The van der Waals surface area contributed by atoms with E-state index < -0.39 is 17.2 Å². The van der Waals surface area contributed by atoms with Gasteiger partial charge in [-0.1, -0.05) is 29.8 Å². The molecule has 2 aromatic carbocycles. The van der Waals surface area contributed by atoms with E-state index in [0.717, 1.165) is 11.6 Å². The van der Waals surface area contributed by atoms with Gasteiger partial charge in [0.05, 0.1) is 0 Å². The minimum Gasteiger partial charge on any atom is -0.321 e. The molecule has 0 spiro atoms. The van der Waals surface area contributed by atoms with Gasteiger partial charge in [-0.15, -0.1) is 0 Å². The van der Waals surface area contributed by atoms with Crippen molar-refractivity contribution in [2.45, 2.75) is 18.9 Å². The molecule has 19 heavy (non-hydrogen) atoms. The maximum Gasteiger partial charge on any atom is 0.126 e. The highest BCUT2D eigenvalue weighted by Gasteiger charge is 2.24. The predicted molar refractivity (Wildman–Crippen MR) is 73.1 cm³/mol. The molecule has 2 N–H and O–H groups in total. The van der Waals surface area contributed by atoms with Gasteiger partial charge in [-0.3, -0.25) is 0 Å². The summed E-state index contributed by atoms with van der Waals surface area (Å²) in [6, 6.07) is 10.6. The lowest BCUT2D eigenvalue weighted by Gasteiger charge is -2.26. The summed E-state index contributed by atoms with van der Waals surface area (Å²) in [7, 11) is 0. The SMILES string of the molecule is CC(N)(Cc1cc(F)cc(F)c1)c1ccccc1Cl. The quantitative estimate of drug-likeness (QED) is 0.903. The van der Waals surface area contributed by atoms with Crippen molar-refractivity contribution < 1.29 is 8.78 Å². The highest BCUT2D eigenvalue weighted by Crippen LogP contribution is 2.29. The van der Waals surface area contributed by atoms with Crippen molar-refractivity contribution in [2.75, 3.05) is 0 Å². The van der Waals surface area contributed by atoms with Gasteiger partial charge in [0.1, 0.15) is 11.6 Å². The molecular formula is C15H14ClF2N. The Labute approximate surface area is 116 Å². The van der Waals surface area contributed by atoms with Crippen LogP contribution in [0.2, 0.25) is 5.02 Å². The molecule has 4 heteroatoms. The molecule has 2 aromatic rings. The van der Waals surface area contributed by atoms with Crippen molar-refractivity contribution in [3.05, 3.63) is 70.2 Å². The van der Waals surface area contributed by atoms with Crippen molar-refractivity contribution >= 4 is 11.6 Å². The summed E-state index contributed by atoms with van der Waals surface area (Å²) in [6.07, 6.45) is 0.297. The molecule has 0 radical (unpaired) electrons. The zero-order chi connectivity index (χ0) is 14.0. The first-order chi connectivity index (χ1) is 8.88. The highest BCUT2D eigenvalue weighted by molar-refractivity contribution is 6.31. The first-order valence-corrected chi connectivity index (χ1v) is 6.25. The third-order valence-electron chi connectivity index (χ3n) is 2.98. The number of hydrogen-bond acceptors (Lipinski definition) is 1. The second-order valence-electron chi connectivity index (χ2n) is 4.85. The number of benzene rings is 2. The van der Waals surface area contributed by atoms with Crippen molar-refractivity contribution in [3.63, 3.8) is 0 Å². The Morgan fingerprint density at radius 1 is 1.11 bits per heavy atom. The Bertz CT molecular complexity index is 576. The first kappa shape index (κ1) is 14.0. The first-order valence-electron chi connectivity index (χ1n) is 5.87. The van der Waals surface area contributed by atoms with E-state index in [1.807, 2.05) is 18.2 Å². The van der Waals surface area contributed by atoms with Gasteiger partial charge in [-0.05, 0) is 42.7 Å². The van der Waals surface area contributed by atoms with Gasteiger partial charge >= 0.3 is 0 Å². The monoisotopic (exact) mass is 281 g/mol. The van der Waals surface area contributed by atoms with E-state index in [4.69, 9.17) is 17.3 Å². The maximum absolute atomic E-state index is 13.2. The Morgan fingerprint density at radius 3 is 2.26 bits per heavy atom. The Hall–Kier alpha value is -1.45. The summed E-state index contributed by atoms with van der Waals surface area (Å²) >= 11 is 6.11. The fraction of sp³-hybridized carbons (Fsp3) is 0.200. The molecule has 2 rings (SSSR count). The van der Waals surface area contributed by atoms with Gasteiger partial charge in [0.15, 0.2) is 0 Å². The van der Waals surface area contributed by atoms with Crippen LogP contribution < -0.4 is 5.73 Å². The minimum absolute atomic E-state index is 0.297. The van der Waals surface area contributed by atoms with Gasteiger partial charge in [0.25, 0.3) is 0 Å². The maximum atomic E-state index is 13.2. The van der Waals surface area contributed by atoms with Gasteiger partial charge in [0.2, 0.25) is 0 Å². The van der Waals surface area contributed by atoms with Crippen molar-refractivity contribution in [3.8, 4) is 0 Å². The van der Waals surface area contributed by atoms with Crippen LogP contribution in [0.25, 0.3) is 0 Å². The average Bonchev–Trinajstić information content (AvgIpc) is 2.26. The van der Waals surface area contributed by atoms with E-state index >= 15 is 0 Å². The standard InChI is InChI=1S/C15H14ClF2N/c1-15(19,13-4-2-3-5-14(13)16)9-10-6-11(17)8-12(18)7-10/h2-8H,9,19H2,1H3. The van der Waals surface area contributed by atoms with Gasteiger partial charge < -0.3 is 5.73 Å². The summed E-state index contributed by atoms with van der Waals surface area (Å²) in [6.45, 7) is 1.79. The minimum atomic E-state index is -0.793. The number of hydrogen-bond donors (Lipinski definition) is 1. The van der Waals surface area contributed by atoms with Crippen LogP contribution >= 0.6 is 11.6 Å². The van der Waals surface area contributed by atoms with Gasteiger partial charge in [-0.2, -0.15) is 0 Å². The van der Waals surface area contributed by atoms with Crippen molar-refractivity contribution in [1.29, 1.82) is 0 Å². The summed E-state index contributed by atoms with van der Waals surface area (Å²) in [4.78, 5) is 0. The number of rotatable bonds is 3. The van der Waals surface area contributed by atoms with E-state index in [9.17, 15) is 8.78 Å². The van der Waals surface area contributed by atoms with Crippen molar-refractivity contribution in [1.82, 2.24) is 0 Å². The molecule has 1 unspecified atom stereocenters. The molecule has 0 aliphatic rings. The van der Waals surface area contributed by atoms with Crippen LogP contribution in [0.4, 0.5) is 8.78 Å². The zero-order valence-electron chi connectivity index (χ0n) is 10.5. The van der Waals surface area contributed by atoms with E-state index in [2.05, 4.69) is 0 Å². The summed E-state index contributed by atoms with van der Waals surface area (Å²) in [5.74, 6) is -1.21. The van der Waals surface area contributed by atoms with Crippen LogP contribution in [0.3, 0.4) is 0 Å². The number of halogens is 3. The molecule has 0 fully saturated rings. The van der Waals surface area contributed by atoms with Crippen LogP contribution in [0.1, 0.15) is 18.1 Å². The fourth-order valence-electron chi connectivity index (χ4n) is 2.16. The molecule has 0 saturated heterocycles. The van der Waals surface area contributed by atoms with E-state index in [-0.39, 0.29) is 0 Å². The molecule has 0 aliphatic heterocycles. The summed E-state index contributed by atoms with van der Waals surface area (Å²) < 4.78 is 26.4. The molecule has 100 valence electrons. The fourth-order valence-corrected chi connectivity index (χ4v) is 2.51.